The van der Waals surface area contributed by atoms with Gasteiger partial charge in [0.2, 0.25) is 15.9 Å². The van der Waals surface area contributed by atoms with Crippen LogP contribution in [0.15, 0.2) is 53.4 Å². The van der Waals surface area contributed by atoms with Gasteiger partial charge in [0.05, 0.1) is 18.1 Å². The van der Waals surface area contributed by atoms with Gasteiger partial charge in [-0.1, -0.05) is 24.3 Å². The first-order valence-corrected chi connectivity index (χ1v) is 12.5. The lowest BCUT2D eigenvalue weighted by Gasteiger charge is -2.26. The first-order chi connectivity index (χ1) is 15.9. The monoisotopic (exact) mass is 472 g/mol. The molecule has 10 heteroatoms. The second kappa shape index (κ2) is 10.3. The minimum atomic E-state index is -3.53. The lowest BCUT2D eigenvalue weighted by molar-refractivity contribution is -0.117. The Morgan fingerprint density at radius 3 is 2.30 bits per heavy atom. The number of morpholine rings is 1. The van der Waals surface area contributed by atoms with E-state index in [9.17, 15) is 18.0 Å². The fourth-order valence-corrected chi connectivity index (χ4v) is 5.31. The van der Waals surface area contributed by atoms with Crippen molar-refractivity contribution in [3.8, 4) is 0 Å². The van der Waals surface area contributed by atoms with E-state index < -0.39 is 10.0 Å². The van der Waals surface area contributed by atoms with Crippen molar-refractivity contribution in [1.82, 2.24) is 14.9 Å². The van der Waals surface area contributed by atoms with Crippen LogP contribution in [0.25, 0.3) is 0 Å². The van der Waals surface area contributed by atoms with E-state index in [-0.39, 0.29) is 23.4 Å². The third-order valence-corrected chi connectivity index (χ3v) is 7.65. The van der Waals surface area contributed by atoms with Crippen LogP contribution in [0.4, 0.5) is 10.5 Å². The average molecular weight is 473 g/mol. The molecule has 2 aliphatic heterocycles. The number of nitrogens with zero attached hydrogens (tertiary/aromatic N) is 2. The zero-order valence-corrected chi connectivity index (χ0v) is 19.1. The van der Waals surface area contributed by atoms with E-state index in [0.717, 1.165) is 29.8 Å². The second-order valence-corrected chi connectivity index (χ2v) is 9.95. The molecule has 2 saturated heterocycles. The Morgan fingerprint density at radius 2 is 1.64 bits per heavy atom. The van der Waals surface area contributed by atoms with Crippen LogP contribution in [0.3, 0.4) is 0 Å². The molecule has 0 atom stereocenters. The summed E-state index contributed by atoms with van der Waals surface area (Å²) in [6.45, 7) is 2.83. The van der Waals surface area contributed by atoms with E-state index in [1.54, 1.807) is 29.2 Å². The van der Waals surface area contributed by atoms with Crippen molar-refractivity contribution < 1.29 is 22.7 Å². The summed E-state index contributed by atoms with van der Waals surface area (Å²) in [6.07, 6.45) is 1.44. The van der Waals surface area contributed by atoms with E-state index >= 15 is 0 Å². The quantitative estimate of drug-likeness (QED) is 0.639. The predicted octanol–water partition coefficient (Wildman–Crippen LogP) is 1.83. The third-order valence-electron chi connectivity index (χ3n) is 5.73. The molecule has 2 aromatic rings. The van der Waals surface area contributed by atoms with E-state index in [1.165, 1.54) is 4.31 Å². The average Bonchev–Trinajstić information content (AvgIpc) is 3.28. The summed E-state index contributed by atoms with van der Waals surface area (Å²) in [7, 11) is -3.53. The van der Waals surface area contributed by atoms with Gasteiger partial charge in [-0.2, -0.15) is 4.31 Å². The number of hydrogen-bond acceptors (Lipinski definition) is 5. The molecular weight excluding hydrogens is 444 g/mol. The van der Waals surface area contributed by atoms with Gasteiger partial charge in [-0.05, 0) is 41.8 Å². The van der Waals surface area contributed by atoms with E-state index in [0.29, 0.717) is 39.3 Å². The van der Waals surface area contributed by atoms with Crippen molar-refractivity contribution in [2.24, 2.45) is 0 Å². The lowest BCUT2D eigenvalue weighted by Crippen LogP contribution is -2.40. The molecule has 0 aliphatic carbocycles. The summed E-state index contributed by atoms with van der Waals surface area (Å²) < 4.78 is 32.0. The molecule has 9 nitrogen and oxygen atoms in total. The van der Waals surface area contributed by atoms with Gasteiger partial charge in [-0.3, -0.25) is 4.79 Å². The summed E-state index contributed by atoms with van der Waals surface area (Å²) in [6, 6.07) is 13.8. The number of anilines is 1. The number of sulfonamides is 1. The molecule has 0 unspecified atom stereocenters. The highest BCUT2D eigenvalue weighted by Gasteiger charge is 2.26. The Morgan fingerprint density at radius 1 is 0.939 bits per heavy atom. The van der Waals surface area contributed by atoms with Crippen molar-refractivity contribution in [2.75, 3.05) is 37.7 Å². The number of rotatable bonds is 7. The van der Waals surface area contributed by atoms with Crippen LogP contribution in [0.5, 0.6) is 0 Å². The maximum Gasteiger partial charge on any atom is 0.315 e. The Labute approximate surface area is 193 Å². The zero-order valence-electron chi connectivity index (χ0n) is 18.3. The largest absolute Gasteiger partial charge is 0.379 e. The number of nitrogens with one attached hydrogen (secondary N) is 2. The molecule has 0 bridgehead atoms. The van der Waals surface area contributed by atoms with Gasteiger partial charge in [0.1, 0.15) is 0 Å². The van der Waals surface area contributed by atoms with E-state index in [2.05, 4.69) is 10.6 Å². The molecule has 2 heterocycles. The number of urea groups is 1. The highest BCUT2D eigenvalue weighted by Crippen LogP contribution is 2.22. The molecule has 0 saturated carbocycles. The number of hydrogen-bond donors (Lipinski definition) is 2. The van der Waals surface area contributed by atoms with Crippen molar-refractivity contribution in [3.63, 3.8) is 0 Å². The number of carbonyl (C=O) groups is 2. The molecule has 176 valence electrons. The first kappa shape index (κ1) is 23.2. The highest BCUT2D eigenvalue weighted by atomic mass is 32.2. The van der Waals surface area contributed by atoms with Crippen molar-refractivity contribution in [3.05, 3.63) is 59.7 Å². The molecular formula is C23H28N4O5S. The minimum Gasteiger partial charge on any atom is -0.379 e. The number of amides is 3. The topological polar surface area (TPSA) is 108 Å². The normalized spacial score (nSPS) is 17.2. The molecule has 2 aromatic carbocycles. The van der Waals surface area contributed by atoms with Gasteiger partial charge in [0.25, 0.3) is 0 Å². The summed E-state index contributed by atoms with van der Waals surface area (Å²) in [5, 5.41) is 5.59. The van der Waals surface area contributed by atoms with Gasteiger partial charge in [-0.15, -0.1) is 0 Å². The third kappa shape index (κ3) is 5.70. The van der Waals surface area contributed by atoms with Gasteiger partial charge in [0.15, 0.2) is 0 Å². The molecule has 2 N–H and O–H groups in total. The van der Waals surface area contributed by atoms with Crippen LogP contribution in [0, 0.1) is 0 Å². The molecule has 2 aliphatic rings. The second-order valence-electron chi connectivity index (χ2n) is 8.02. The molecule has 3 amide bonds. The Bertz CT molecular complexity index is 1100. The van der Waals surface area contributed by atoms with Crippen molar-refractivity contribution in [1.29, 1.82) is 0 Å². The molecule has 0 aromatic heterocycles. The van der Waals surface area contributed by atoms with Gasteiger partial charge < -0.3 is 20.3 Å². The Kier molecular flexibility index (Phi) is 7.26. The van der Waals surface area contributed by atoms with Gasteiger partial charge in [-0.25, -0.2) is 13.2 Å². The Balaban J connectivity index is 1.27. The van der Waals surface area contributed by atoms with Crippen LogP contribution >= 0.6 is 0 Å². The summed E-state index contributed by atoms with van der Waals surface area (Å²) in [5.41, 5.74) is 2.55. The predicted molar refractivity (Wildman–Crippen MR) is 123 cm³/mol. The SMILES string of the molecule is O=C(NCc1ccc(S(=O)(=O)N2CCOCC2)cc1)NCc1cccc(N2CCCC2=O)c1. The minimum absolute atomic E-state index is 0.126. The van der Waals surface area contributed by atoms with Crippen LogP contribution in [-0.2, 0) is 32.6 Å². The fourth-order valence-electron chi connectivity index (χ4n) is 3.90. The molecule has 2 fully saturated rings. The van der Waals surface area contributed by atoms with Crippen LogP contribution in [-0.4, -0.2) is 57.5 Å². The van der Waals surface area contributed by atoms with Crippen LogP contribution in [0.1, 0.15) is 24.0 Å². The first-order valence-electron chi connectivity index (χ1n) is 11.0. The standard InChI is InChI=1S/C23H28N4O5S/c28-22-5-2-10-27(22)20-4-1-3-19(15-20)17-25-23(29)24-16-18-6-8-21(9-7-18)33(30,31)26-11-13-32-14-12-26/h1,3-4,6-9,15H,2,5,10-14,16-17H2,(H2,24,25,29). The molecule has 0 spiro atoms. The zero-order chi connectivity index (χ0) is 23.3. The van der Waals surface area contributed by atoms with E-state index in [4.69, 9.17) is 4.74 Å². The summed E-state index contributed by atoms with van der Waals surface area (Å²) in [5.74, 6) is 0.126. The van der Waals surface area contributed by atoms with Gasteiger partial charge in [0, 0.05) is 44.8 Å². The molecule has 4 rings (SSSR count). The molecule has 0 radical (unpaired) electrons. The van der Waals surface area contributed by atoms with Gasteiger partial charge >= 0.3 is 6.03 Å². The fraction of sp³-hybridized carbons (Fsp3) is 0.391. The maximum atomic E-state index is 12.7. The smallest absolute Gasteiger partial charge is 0.315 e. The maximum absolute atomic E-state index is 12.7. The summed E-state index contributed by atoms with van der Waals surface area (Å²) in [4.78, 5) is 26.1. The lowest BCUT2D eigenvalue weighted by atomic mass is 10.2. The van der Waals surface area contributed by atoms with E-state index in [1.807, 2.05) is 24.3 Å². The van der Waals surface area contributed by atoms with Crippen LogP contribution in [0.2, 0.25) is 0 Å². The summed E-state index contributed by atoms with van der Waals surface area (Å²) >= 11 is 0. The Hall–Kier alpha value is -2.95. The van der Waals surface area contributed by atoms with Crippen LogP contribution < -0.4 is 15.5 Å². The highest BCUT2D eigenvalue weighted by molar-refractivity contribution is 7.89. The number of ether oxygens (including phenoxy) is 1. The number of carbonyl (C=O) groups excluding carboxylic acids is 2. The molecule has 33 heavy (non-hydrogen) atoms. The number of benzene rings is 2. The van der Waals surface area contributed by atoms with Crippen molar-refractivity contribution in [2.45, 2.75) is 30.8 Å². The van der Waals surface area contributed by atoms with Crippen molar-refractivity contribution >= 4 is 27.6 Å².